The SMILES string of the molecule is C/C(=N\N=C(N)N)c1c[nH]c2ccc(NS(=O)(=O)c3ccc(Br)cc3)cc12. The van der Waals surface area contributed by atoms with Crippen molar-refractivity contribution in [3.63, 3.8) is 0 Å². The Morgan fingerprint density at radius 1 is 1.11 bits per heavy atom. The van der Waals surface area contributed by atoms with E-state index in [2.05, 4.69) is 35.8 Å². The first-order valence-electron chi connectivity index (χ1n) is 7.79. The van der Waals surface area contributed by atoms with Gasteiger partial charge in [-0.1, -0.05) is 15.9 Å². The number of guanidine groups is 1. The second-order valence-electron chi connectivity index (χ2n) is 5.73. The molecule has 3 aromatic rings. The number of halogens is 1. The lowest BCUT2D eigenvalue weighted by Gasteiger charge is -2.09. The fourth-order valence-corrected chi connectivity index (χ4v) is 3.81. The van der Waals surface area contributed by atoms with Gasteiger partial charge in [-0.15, -0.1) is 5.10 Å². The number of aromatic nitrogens is 1. The molecular weight excluding hydrogens is 432 g/mol. The van der Waals surface area contributed by atoms with Crippen molar-refractivity contribution in [2.24, 2.45) is 21.7 Å². The van der Waals surface area contributed by atoms with Crippen LogP contribution >= 0.6 is 15.9 Å². The molecule has 27 heavy (non-hydrogen) atoms. The number of aromatic amines is 1. The molecular formula is C17H17BrN6O2S. The van der Waals surface area contributed by atoms with Gasteiger partial charge in [-0.2, -0.15) is 5.10 Å². The van der Waals surface area contributed by atoms with Crippen LogP contribution in [0.4, 0.5) is 5.69 Å². The minimum absolute atomic E-state index is 0.142. The van der Waals surface area contributed by atoms with Crippen molar-refractivity contribution in [3.05, 3.63) is 58.7 Å². The van der Waals surface area contributed by atoms with E-state index in [0.29, 0.717) is 11.4 Å². The fourth-order valence-electron chi connectivity index (χ4n) is 2.50. The van der Waals surface area contributed by atoms with Crippen LogP contribution < -0.4 is 16.2 Å². The molecule has 1 aromatic heterocycles. The first kappa shape index (κ1) is 18.9. The number of nitrogens with two attached hydrogens (primary N) is 2. The van der Waals surface area contributed by atoms with Crippen LogP contribution in [0.25, 0.3) is 10.9 Å². The molecule has 140 valence electrons. The van der Waals surface area contributed by atoms with Gasteiger partial charge in [0.05, 0.1) is 10.6 Å². The summed E-state index contributed by atoms with van der Waals surface area (Å²) in [5.41, 5.74) is 13.2. The lowest BCUT2D eigenvalue weighted by atomic mass is 10.1. The second-order valence-corrected chi connectivity index (χ2v) is 8.33. The molecule has 8 nitrogen and oxygen atoms in total. The van der Waals surface area contributed by atoms with Gasteiger partial charge in [0, 0.05) is 32.8 Å². The summed E-state index contributed by atoms with van der Waals surface area (Å²) in [6, 6.07) is 11.6. The first-order chi connectivity index (χ1) is 12.8. The van der Waals surface area contributed by atoms with Crippen LogP contribution in [-0.4, -0.2) is 25.1 Å². The Morgan fingerprint density at radius 3 is 2.48 bits per heavy atom. The monoisotopic (exact) mass is 448 g/mol. The van der Waals surface area contributed by atoms with Gasteiger partial charge in [-0.25, -0.2) is 8.42 Å². The highest BCUT2D eigenvalue weighted by Crippen LogP contribution is 2.25. The Labute approximate surface area is 164 Å². The average Bonchev–Trinajstić information content (AvgIpc) is 3.03. The lowest BCUT2D eigenvalue weighted by Crippen LogP contribution is -2.22. The zero-order valence-electron chi connectivity index (χ0n) is 14.3. The molecule has 1 heterocycles. The van der Waals surface area contributed by atoms with E-state index in [1.807, 2.05) is 0 Å². The van der Waals surface area contributed by atoms with E-state index in [9.17, 15) is 8.42 Å². The molecule has 3 rings (SSSR count). The molecule has 0 aliphatic rings. The predicted molar refractivity (Wildman–Crippen MR) is 111 cm³/mol. The van der Waals surface area contributed by atoms with Gasteiger partial charge < -0.3 is 16.5 Å². The van der Waals surface area contributed by atoms with Gasteiger partial charge in [0.25, 0.3) is 10.0 Å². The molecule has 6 N–H and O–H groups in total. The van der Waals surface area contributed by atoms with Gasteiger partial charge in [-0.05, 0) is 49.4 Å². The number of hydrogen-bond donors (Lipinski definition) is 4. The van der Waals surface area contributed by atoms with Crippen molar-refractivity contribution >= 4 is 54.2 Å². The molecule has 2 aromatic carbocycles. The molecule has 0 aliphatic carbocycles. The third kappa shape index (κ3) is 4.29. The maximum Gasteiger partial charge on any atom is 0.261 e. The molecule has 0 fully saturated rings. The van der Waals surface area contributed by atoms with Crippen molar-refractivity contribution in [2.45, 2.75) is 11.8 Å². The van der Waals surface area contributed by atoms with E-state index in [-0.39, 0.29) is 10.9 Å². The number of sulfonamides is 1. The highest BCUT2D eigenvalue weighted by Gasteiger charge is 2.15. The Kier molecular flexibility index (Phi) is 5.19. The van der Waals surface area contributed by atoms with Crippen LogP contribution in [0.15, 0.2) is 68.2 Å². The maximum atomic E-state index is 12.6. The van der Waals surface area contributed by atoms with Crippen LogP contribution in [0.2, 0.25) is 0 Å². The van der Waals surface area contributed by atoms with Gasteiger partial charge in [-0.3, -0.25) is 4.72 Å². The topological polar surface area (TPSA) is 139 Å². The van der Waals surface area contributed by atoms with E-state index < -0.39 is 10.0 Å². The number of rotatable bonds is 5. The van der Waals surface area contributed by atoms with Crippen LogP contribution in [0.3, 0.4) is 0 Å². The lowest BCUT2D eigenvalue weighted by molar-refractivity contribution is 0.601. The number of hydrogen-bond acceptors (Lipinski definition) is 4. The Hall–Kier alpha value is -2.85. The highest BCUT2D eigenvalue weighted by molar-refractivity contribution is 9.10. The zero-order valence-corrected chi connectivity index (χ0v) is 16.7. The number of anilines is 1. The van der Waals surface area contributed by atoms with Crippen molar-refractivity contribution < 1.29 is 8.42 Å². The number of benzene rings is 2. The van der Waals surface area contributed by atoms with Crippen molar-refractivity contribution in [1.29, 1.82) is 0 Å². The third-order valence-corrected chi connectivity index (χ3v) is 5.69. The van der Waals surface area contributed by atoms with Crippen LogP contribution in [0, 0.1) is 0 Å². The molecule has 0 saturated heterocycles. The molecule has 0 bridgehead atoms. The first-order valence-corrected chi connectivity index (χ1v) is 10.1. The van der Waals surface area contributed by atoms with Crippen molar-refractivity contribution in [2.75, 3.05) is 4.72 Å². The molecule has 0 spiro atoms. The van der Waals surface area contributed by atoms with Gasteiger partial charge in [0.15, 0.2) is 0 Å². The van der Waals surface area contributed by atoms with Crippen molar-refractivity contribution in [1.82, 2.24) is 4.98 Å². The highest BCUT2D eigenvalue weighted by atomic mass is 79.9. The van der Waals surface area contributed by atoms with E-state index in [1.165, 1.54) is 12.1 Å². The maximum absolute atomic E-state index is 12.6. The number of nitrogens with zero attached hydrogens (tertiary/aromatic N) is 2. The summed E-state index contributed by atoms with van der Waals surface area (Å²) < 4.78 is 28.5. The molecule has 0 aliphatic heterocycles. The summed E-state index contributed by atoms with van der Waals surface area (Å²) in [7, 11) is -3.70. The summed E-state index contributed by atoms with van der Waals surface area (Å²) >= 11 is 3.29. The van der Waals surface area contributed by atoms with Crippen LogP contribution in [0.5, 0.6) is 0 Å². The largest absolute Gasteiger partial charge is 0.369 e. The third-order valence-electron chi connectivity index (χ3n) is 3.76. The zero-order chi connectivity index (χ0) is 19.6. The quantitative estimate of drug-likeness (QED) is 0.270. The van der Waals surface area contributed by atoms with E-state index in [4.69, 9.17) is 11.5 Å². The van der Waals surface area contributed by atoms with Crippen LogP contribution in [0.1, 0.15) is 12.5 Å². The minimum atomic E-state index is -3.70. The Bertz CT molecular complexity index is 1150. The smallest absolute Gasteiger partial charge is 0.261 e. The molecule has 0 amide bonds. The van der Waals surface area contributed by atoms with E-state index >= 15 is 0 Å². The standard InChI is InChI=1S/C17H17BrN6O2S/c1-10(22-23-17(19)20)15-9-21-16-7-4-12(8-14(15)16)24-27(25,26)13-5-2-11(18)3-6-13/h2-9,21,24H,1H3,(H4,19,20,23)/b22-10+. The fraction of sp³-hybridized carbons (Fsp3) is 0.0588. The normalized spacial score (nSPS) is 12.1. The predicted octanol–water partition coefficient (Wildman–Crippen LogP) is 2.73. The van der Waals surface area contributed by atoms with Gasteiger partial charge in [0.2, 0.25) is 5.96 Å². The van der Waals surface area contributed by atoms with Gasteiger partial charge in [0.1, 0.15) is 0 Å². The molecule has 0 saturated carbocycles. The summed E-state index contributed by atoms with van der Waals surface area (Å²) in [6.45, 7) is 1.76. The van der Waals surface area contributed by atoms with E-state index in [0.717, 1.165) is 20.9 Å². The average molecular weight is 449 g/mol. The molecule has 0 radical (unpaired) electrons. The summed E-state index contributed by atoms with van der Waals surface area (Å²) in [5, 5.41) is 8.40. The number of H-pyrrole nitrogens is 1. The van der Waals surface area contributed by atoms with Crippen LogP contribution in [-0.2, 0) is 10.0 Å². The Morgan fingerprint density at radius 2 is 1.81 bits per heavy atom. The van der Waals surface area contributed by atoms with E-state index in [1.54, 1.807) is 43.5 Å². The van der Waals surface area contributed by atoms with Crippen molar-refractivity contribution in [3.8, 4) is 0 Å². The molecule has 0 atom stereocenters. The molecule has 10 heteroatoms. The Balaban J connectivity index is 1.97. The number of nitrogens with one attached hydrogen (secondary N) is 2. The number of fused-ring (bicyclic) bond motifs is 1. The minimum Gasteiger partial charge on any atom is -0.369 e. The summed E-state index contributed by atoms with van der Waals surface area (Å²) in [5.74, 6) is -0.142. The summed E-state index contributed by atoms with van der Waals surface area (Å²) in [6.07, 6.45) is 1.76. The molecule has 0 unspecified atom stereocenters. The second kappa shape index (κ2) is 7.41. The summed E-state index contributed by atoms with van der Waals surface area (Å²) in [4.78, 5) is 3.28. The van der Waals surface area contributed by atoms with Gasteiger partial charge >= 0.3 is 0 Å².